The summed E-state index contributed by atoms with van der Waals surface area (Å²) in [5.41, 5.74) is 3.78. The van der Waals surface area contributed by atoms with Crippen molar-refractivity contribution >= 4 is 22.6 Å². The lowest BCUT2D eigenvalue weighted by atomic mass is 10.1. The van der Waals surface area contributed by atoms with E-state index < -0.39 is 0 Å². The number of rotatable bonds is 6. The lowest BCUT2D eigenvalue weighted by Gasteiger charge is -2.10. The van der Waals surface area contributed by atoms with Gasteiger partial charge in [0.05, 0.1) is 26.3 Å². The average molecular weight is 388 g/mol. The molecule has 0 spiro atoms. The van der Waals surface area contributed by atoms with Crippen molar-refractivity contribution in [1.82, 2.24) is 15.0 Å². The van der Waals surface area contributed by atoms with Crippen LogP contribution in [-0.4, -0.2) is 35.1 Å². The Bertz CT molecular complexity index is 1160. The quantitative estimate of drug-likeness (QED) is 0.544. The molecular formula is C22H20N4O3. The molecule has 0 aliphatic rings. The minimum absolute atomic E-state index is 0.239. The number of ether oxygens (including phenoxy) is 2. The van der Waals surface area contributed by atoms with Crippen molar-refractivity contribution in [3.8, 4) is 11.5 Å². The fraction of sp³-hybridized carbons (Fsp3) is 0.136. The SMILES string of the molecule is COc1ccc(NC(=O)c2ccc3c(c2)nnn3Cc2ccccc2)cc1OC. The Kier molecular flexibility index (Phi) is 5.11. The van der Waals surface area contributed by atoms with E-state index in [0.29, 0.717) is 34.8 Å². The Hall–Kier alpha value is -3.87. The number of carbonyl (C=O) groups excluding carboxylic acids is 1. The van der Waals surface area contributed by atoms with Gasteiger partial charge < -0.3 is 14.8 Å². The van der Waals surface area contributed by atoms with Gasteiger partial charge in [-0.2, -0.15) is 0 Å². The van der Waals surface area contributed by atoms with Crippen molar-refractivity contribution in [3.05, 3.63) is 77.9 Å². The van der Waals surface area contributed by atoms with Crippen molar-refractivity contribution in [3.63, 3.8) is 0 Å². The van der Waals surface area contributed by atoms with Crippen molar-refractivity contribution in [2.24, 2.45) is 0 Å². The van der Waals surface area contributed by atoms with Gasteiger partial charge in [0, 0.05) is 17.3 Å². The third kappa shape index (κ3) is 3.89. The van der Waals surface area contributed by atoms with E-state index in [9.17, 15) is 4.79 Å². The minimum atomic E-state index is -0.239. The second-order valence-electron chi connectivity index (χ2n) is 6.46. The van der Waals surface area contributed by atoms with E-state index in [2.05, 4.69) is 15.6 Å². The predicted octanol–water partition coefficient (Wildman–Crippen LogP) is 3.75. The Balaban J connectivity index is 1.54. The van der Waals surface area contributed by atoms with Gasteiger partial charge in [-0.1, -0.05) is 35.5 Å². The Labute approximate surface area is 167 Å². The van der Waals surface area contributed by atoms with Gasteiger partial charge in [-0.15, -0.1) is 5.10 Å². The van der Waals surface area contributed by atoms with E-state index in [1.165, 1.54) is 0 Å². The molecule has 4 aromatic rings. The highest BCUT2D eigenvalue weighted by Crippen LogP contribution is 2.30. The zero-order chi connectivity index (χ0) is 20.2. The van der Waals surface area contributed by atoms with E-state index in [1.54, 1.807) is 44.6 Å². The first-order chi connectivity index (χ1) is 14.2. The van der Waals surface area contributed by atoms with Gasteiger partial charge in [-0.3, -0.25) is 4.79 Å². The van der Waals surface area contributed by atoms with Crippen LogP contribution >= 0.6 is 0 Å². The maximum atomic E-state index is 12.7. The number of methoxy groups -OCH3 is 2. The van der Waals surface area contributed by atoms with Crippen LogP contribution in [-0.2, 0) is 6.54 Å². The molecule has 0 saturated heterocycles. The molecule has 0 unspecified atom stereocenters. The summed E-state index contributed by atoms with van der Waals surface area (Å²) >= 11 is 0. The molecule has 0 atom stereocenters. The molecule has 7 heteroatoms. The summed E-state index contributed by atoms with van der Waals surface area (Å²) in [7, 11) is 3.12. The van der Waals surface area contributed by atoms with Gasteiger partial charge in [-0.25, -0.2) is 4.68 Å². The Morgan fingerprint density at radius 3 is 2.52 bits per heavy atom. The molecular weight excluding hydrogens is 368 g/mol. The maximum absolute atomic E-state index is 12.7. The third-order valence-electron chi connectivity index (χ3n) is 4.59. The van der Waals surface area contributed by atoms with Gasteiger partial charge >= 0.3 is 0 Å². The molecule has 1 aromatic heterocycles. The predicted molar refractivity (Wildman–Crippen MR) is 111 cm³/mol. The number of aromatic nitrogens is 3. The van der Waals surface area contributed by atoms with E-state index in [0.717, 1.165) is 11.1 Å². The molecule has 7 nitrogen and oxygen atoms in total. The van der Waals surface area contributed by atoms with Gasteiger partial charge in [0.2, 0.25) is 0 Å². The molecule has 0 fully saturated rings. The number of carbonyl (C=O) groups is 1. The van der Waals surface area contributed by atoms with E-state index in [-0.39, 0.29) is 5.91 Å². The van der Waals surface area contributed by atoms with Crippen LogP contribution in [0.1, 0.15) is 15.9 Å². The smallest absolute Gasteiger partial charge is 0.255 e. The molecule has 146 valence electrons. The zero-order valence-corrected chi connectivity index (χ0v) is 16.1. The minimum Gasteiger partial charge on any atom is -0.493 e. The highest BCUT2D eigenvalue weighted by molar-refractivity contribution is 6.06. The standard InChI is InChI=1S/C22H20N4O3/c1-28-20-11-9-17(13-21(20)29-2)23-22(27)16-8-10-19-18(12-16)24-25-26(19)14-15-6-4-3-5-7-15/h3-13H,14H2,1-2H3,(H,23,27). The van der Waals surface area contributed by atoms with Crippen molar-refractivity contribution in [2.75, 3.05) is 19.5 Å². The van der Waals surface area contributed by atoms with Crippen LogP contribution in [0.5, 0.6) is 11.5 Å². The van der Waals surface area contributed by atoms with E-state index >= 15 is 0 Å². The first-order valence-electron chi connectivity index (χ1n) is 9.08. The molecule has 0 bridgehead atoms. The van der Waals surface area contributed by atoms with Gasteiger partial charge in [0.25, 0.3) is 5.91 Å². The fourth-order valence-electron chi connectivity index (χ4n) is 3.10. The maximum Gasteiger partial charge on any atom is 0.255 e. The van der Waals surface area contributed by atoms with Gasteiger partial charge in [0.15, 0.2) is 11.5 Å². The van der Waals surface area contributed by atoms with E-state index in [1.807, 2.05) is 41.1 Å². The second kappa shape index (κ2) is 8.02. The highest BCUT2D eigenvalue weighted by Gasteiger charge is 2.12. The molecule has 0 radical (unpaired) electrons. The van der Waals surface area contributed by atoms with E-state index in [4.69, 9.17) is 9.47 Å². The zero-order valence-electron chi connectivity index (χ0n) is 16.1. The van der Waals surface area contributed by atoms with Crippen molar-refractivity contribution in [2.45, 2.75) is 6.54 Å². The lowest BCUT2D eigenvalue weighted by Crippen LogP contribution is -2.12. The normalized spacial score (nSPS) is 10.7. The molecule has 1 amide bonds. The summed E-state index contributed by atoms with van der Waals surface area (Å²) < 4.78 is 12.3. The highest BCUT2D eigenvalue weighted by atomic mass is 16.5. The molecule has 3 aromatic carbocycles. The molecule has 0 saturated carbocycles. The summed E-state index contributed by atoms with van der Waals surface area (Å²) in [6.07, 6.45) is 0. The fourth-order valence-corrected chi connectivity index (χ4v) is 3.10. The molecule has 0 aliphatic carbocycles. The lowest BCUT2D eigenvalue weighted by molar-refractivity contribution is 0.102. The summed E-state index contributed by atoms with van der Waals surface area (Å²) in [5.74, 6) is 0.906. The first kappa shape index (κ1) is 18.5. The third-order valence-corrected chi connectivity index (χ3v) is 4.59. The molecule has 29 heavy (non-hydrogen) atoms. The number of anilines is 1. The van der Waals surface area contributed by atoms with Crippen molar-refractivity contribution < 1.29 is 14.3 Å². The Morgan fingerprint density at radius 1 is 0.966 bits per heavy atom. The van der Waals surface area contributed by atoms with Crippen LogP contribution < -0.4 is 14.8 Å². The molecule has 0 aliphatic heterocycles. The summed E-state index contributed by atoms with van der Waals surface area (Å²) in [4.78, 5) is 12.7. The topological polar surface area (TPSA) is 78.3 Å². The van der Waals surface area contributed by atoms with Crippen LogP contribution in [0.25, 0.3) is 11.0 Å². The number of amides is 1. The van der Waals surface area contributed by atoms with Crippen LogP contribution in [0.2, 0.25) is 0 Å². The summed E-state index contributed by atoms with van der Waals surface area (Å²) in [6.45, 7) is 0.620. The monoisotopic (exact) mass is 388 g/mol. The van der Waals surface area contributed by atoms with Crippen LogP contribution in [0, 0.1) is 0 Å². The molecule has 4 rings (SSSR count). The number of nitrogens with zero attached hydrogens (tertiary/aromatic N) is 3. The number of nitrogens with one attached hydrogen (secondary N) is 1. The molecule has 1 heterocycles. The van der Waals surface area contributed by atoms with Gasteiger partial charge in [-0.05, 0) is 35.9 Å². The average Bonchev–Trinajstić information content (AvgIpc) is 3.16. The van der Waals surface area contributed by atoms with Crippen LogP contribution in [0.4, 0.5) is 5.69 Å². The molecule has 1 N–H and O–H groups in total. The first-order valence-corrected chi connectivity index (χ1v) is 9.08. The number of fused-ring (bicyclic) bond motifs is 1. The number of hydrogen-bond acceptors (Lipinski definition) is 5. The largest absolute Gasteiger partial charge is 0.493 e. The van der Waals surface area contributed by atoms with Gasteiger partial charge in [0.1, 0.15) is 5.52 Å². The second-order valence-corrected chi connectivity index (χ2v) is 6.46. The summed E-state index contributed by atoms with van der Waals surface area (Å²) in [5, 5.41) is 11.3. The van der Waals surface area contributed by atoms with Crippen LogP contribution in [0.15, 0.2) is 66.7 Å². The summed E-state index contributed by atoms with van der Waals surface area (Å²) in [6, 6.07) is 20.6. The number of benzene rings is 3. The number of hydrogen-bond donors (Lipinski definition) is 1. The Morgan fingerprint density at radius 2 is 1.76 bits per heavy atom. The van der Waals surface area contributed by atoms with Crippen LogP contribution in [0.3, 0.4) is 0 Å². The van der Waals surface area contributed by atoms with Crippen molar-refractivity contribution in [1.29, 1.82) is 0 Å².